The second-order valence-corrected chi connectivity index (χ2v) is 4.96. The van der Waals surface area contributed by atoms with Crippen LogP contribution in [0.5, 0.6) is 5.75 Å². The molecule has 1 amide bonds. The number of carbonyl (C=O) groups is 1. The van der Waals surface area contributed by atoms with Crippen molar-refractivity contribution in [2.45, 2.75) is 25.9 Å². The van der Waals surface area contributed by atoms with Crippen molar-refractivity contribution in [3.8, 4) is 5.75 Å². The van der Waals surface area contributed by atoms with Crippen LogP contribution in [0.4, 0.5) is 5.69 Å². The normalized spacial score (nSPS) is 13.4. The minimum atomic E-state index is -0.882. The monoisotopic (exact) mass is 296 g/mol. The maximum absolute atomic E-state index is 12.2. The van der Waals surface area contributed by atoms with Crippen molar-refractivity contribution in [1.29, 1.82) is 0 Å². The summed E-state index contributed by atoms with van der Waals surface area (Å²) in [4.78, 5) is 12.5. The summed E-state index contributed by atoms with van der Waals surface area (Å²) in [6.45, 7) is 3.62. The van der Waals surface area contributed by atoms with Crippen LogP contribution in [0.25, 0.3) is 0 Å². The number of benzene rings is 1. The van der Waals surface area contributed by atoms with E-state index in [2.05, 4.69) is 5.32 Å². The number of rotatable bonds is 6. The van der Waals surface area contributed by atoms with Gasteiger partial charge in [-0.3, -0.25) is 4.79 Å². The molecule has 0 saturated heterocycles. The summed E-state index contributed by atoms with van der Waals surface area (Å²) in [5.41, 5.74) is 5.92. The third-order valence-electron chi connectivity index (χ3n) is 3.34. The van der Waals surface area contributed by atoms with Gasteiger partial charge >= 0.3 is 0 Å². The molecule has 1 rings (SSSR count). The van der Waals surface area contributed by atoms with E-state index in [1.807, 2.05) is 6.92 Å². The van der Waals surface area contributed by atoms with Gasteiger partial charge in [-0.15, -0.1) is 0 Å². The number of amides is 1. The fourth-order valence-corrected chi connectivity index (χ4v) is 1.73. The number of hydrogen-bond donors (Lipinski definition) is 2. The van der Waals surface area contributed by atoms with Crippen molar-refractivity contribution in [3.05, 3.63) is 23.8 Å². The van der Waals surface area contributed by atoms with E-state index in [-0.39, 0.29) is 10.9 Å². The third-order valence-corrected chi connectivity index (χ3v) is 3.58. The highest BCUT2D eigenvalue weighted by Crippen LogP contribution is 2.27. The van der Waals surface area contributed by atoms with Crippen molar-refractivity contribution in [2.75, 3.05) is 19.5 Å². The third kappa shape index (κ3) is 3.46. The average molecular weight is 296 g/mol. The van der Waals surface area contributed by atoms with Crippen LogP contribution in [0.1, 0.15) is 25.8 Å². The summed E-state index contributed by atoms with van der Waals surface area (Å²) in [5.74, 6) is 0.266. The number of ether oxygens (including phenoxy) is 2. The molecule has 0 aliphatic carbocycles. The largest absolute Gasteiger partial charge is 0.495 e. The summed E-state index contributed by atoms with van der Waals surface area (Å²) in [6.07, 6.45) is 0.558. The molecule has 1 atom stereocenters. The van der Waals surface area contributed by atoms with Gasteiger partial charge in [0.05, 0.1) is 12.8 Å². The molecule has 0 aliphatic heterocycles. The second kappa shape index (κ2) is 6.67. The van der Waals surface area contributed by atoms with Gasteiger partial charge in [0.25, 0.3) is 5.91 Å². The van der Waals surface area contributed by atoms with Gasteiger partial charge in [0.1, 0.15) is 16.3 Å². The Hall–Kier alpha value is -1.66. The molecule has 0 aromatic heterocycles. The number of hydrogen-bond acceptors (Lipinski definition) is 4. The van der Waals surface area contributed by atoms with Crippen LogP contribution >= 0.6 is 12.2 Å². The first kappa shape index (κ1) is 16.4. The zero-order chi connectivity index (χ0) is 15.3. The Morgan fingerprint density at radius 1 is 1.45 bits per heavy atom. The van der Waals surface area contributed by atoms with Gasteiger partial charge < -0.3 is 20.5 Å². The Balaban J connectivity index is 3.04. The minimum Gasteiger partial charge on any atom is -0.495 e. The minimum absolute atomic E-state index is 0.233. The van der Waals surface area contributed by atoms with Gasteiger partial charge in [0.15, 0.2) is 0 Å². The zero-order valence-corrected chi connectivity index (χ0v) is 13.0. The van der Waals surface area contributed by atoms with E-state index < -0.39 is 5.60 Å². The van der Waals surface area contributed by atoms with Gasteiger partial charge in [-0.2, -0.15) is 0 Å². The molecule has 1 aromatic carbocycles. The van der Waals surface area contributed by atoms with Crippen molar-refractivity contribution in [2.24, 2.45) is 5.73 Å². The van der Waals surface area contributed by atoms with Crippen LogP contribution < -0.4 is 15.8 Å². The number of anilines is 1. The highest BCUT2D eigenvalue weighted by molar-refractivity contribution is 7.80. The van der Waals surface area contributed by atoms with E-state index in [4.69, 9.17) is 27.4 Å². The maximum atomic E-state index is 12.2. The van der Waals surface area contributed by atoms with Crippen LogP contribution in [0.15, 0.2) is 18.2 Å². The van der Waals surface area contributed by atoms with Crippen LogP contribution in [-0.2, 0) is 9.53 Å². The fourth-order valence-electron chi connectivity index (χ4n) is 1.60. The molecular formula is C14H20N2O3S. The predicted octanol–water partition coefficient (Wildman–Crippen LogP) is 2.08. The standard InChI is InChI=1S/C14H20N2O3S/c1-5-14(2,19-4)13(17)16-10-7-6-9(12(15)20)8-11(10)18-3/h6-8H,5H2,1-4H3,(H2,15,20)(H,16,17). The molecule has 1 unspecified atom stereocenters. The smallest absolute Gasteiger partial charge is 0.256 e. The van der Waals surface area contributed by atoms with Crippen molar-refractivity contribution in [3.63, 3.8) is 0 Å². The van der Waals surface area contributed by atoms with Crippen LogP contribution in [0.2, 0.25) is 0 Å². The first-order valence-corrected chi connectivity index (χ1v) is 6.63. The molecule has 0 saturated carbocycles. The zero-order valence-electron chi connectivity index (χ0n) is 12.1. The van der Waals surface area contributed by atoms with Crippen molar-refractivity contribution in [1.82, 2.24) is 0 Å². The van der Waals surface area contributed by atoms with E-state index in [1.54, 1.807) is 25.1 Å². The molecule has 20 heavy (non-hydrogen) atoms. The Kier molecular flexibility index (Phi) is 5.47. The Morgan fingerprint density at radius 2 is 2.10 bits per heavy atom. The molecule has 3 N–H and O–H groups in total. The van der Waals surface area contributed by atoms with Crippen molar-refractivity contribution >= 4 is 28.8 Å². The Morgan fingerprint density at radius 3 is 2.55 bits per heavy atom. The lowest BCUT2D eigenvalue weighted by molar-refractivity contribution is -0.136. The van der Waals surface area contributed by atoms with Gasteiger partial charge in [-0.1, -0.05) is 19.1 Å². The van der Waals surface area contributed by atoms with Gasteiger partial charge in [-0.05, 0) is 31.5 Å². The van der Waals surface area contributed by atoms with E-state index in [0.717, 1.165) is 0 Å². The van der Waals surface area contributed by atoms with E-state index in [1.165, 1.54) is 14.2 Å². The summed E-state index contributed by atoms with van der Waals surface area (Å²) in [6, 6.07) is 5.13. The van der Waals surface area contributed by atoms with Crippen molar-refractivity contribution < 1.29 is 14.3 Å². The molecule has 0 spiro atoms. The molecule has 0 fully saturated rings. The first-order valence-electron chi connectivity index (χ1n) is 6.22. The quantitative estimate of drug-likeness (QED) is 0.786. The predicted molar refractivity (Wildman–Crippen MR) is 83.2 cm³/mol. The lowest BCUT2D eigenvalue weighted by Crippen LogP contribution is -2.41. The Bertz CT molecular complexity index is 513. The Labute approximate surface area is 124 Å². The van der Waals surface area contributed by atoms with Gasteiger partial charge in [0, 0.05) is 12.7 Å². The molecule has 6 heteroatoms. The van der Waals surface area contributed by atoms with E-state index >= 15 is 0 Å². The van der Waals surface area contributed by atoms with Gasteiger partial charge in [-0.25, -0.2) is 0 Å². The number of nitrogens with one attached hydrogen (secondary N) is 1. The SMILES string of the molecule is CCC(C)(OC)C(=O)Nc1ccc(C(N)=S)cc1OC. The lowest BCUT2D eigenvalue weighted by Gasteiger charge is -2.25. The lowest BCUT2D eigenvalue weighted by atomic mass is 10.0. The van der Waals surface area contributed by atoms with Crippen LogP contribution in [-0.4, -0.2) is 30.7 Å². The highest BCUT2D eigenvalue weighted by atomic mass is 32.1. The van der Waals surface area contributed by atoms with Crippen LogP contribution in [0, 0.1) is 0 Å². The fraction of sp³-hybridized carbons (Fsp3) is 0.429. The molecule has 110 valence electrons. The highest BCUT2D eigenvalue weighted by Gasteiger charge is 2.31. The van der Waals surface area contributed by atoms with E-state index in [0.29, 0.717) is 23.4 Å². The topological polar surface area (TPSA) is 73.6 Å². The first-order chi connectivity index (χ1) is 9.37. The average Bonchev–Trinajstić information content (AvgIpc) is 2.46. The summed E-state index contributed by atoms with van der Waals surface area (Å²) in [5, 5.41) is 2.80. The molecular weight excluding hydrogens is 276 g/mol. The van der Waals surface area contributed by atoms with Gasteiger partial charge in [0.2, 0.25) is 0 Å². The number of methoxy groups -OCH3 is 2. The molecule has 0 radical (unpaired) electrons. The number of nitrogens with two attached hydrogens (primary N) is 1. The summed E-state index contributed by atoms with van der Waals surface area (Å²) >= 11 is 4.91. The van der Waals surface area contributed by atoms with Crippen LogP contribution in [0.3, 0.4) is 0 Å². The maximum Gasteiger partial charge on any atom is 0.256 e. The van der Waals surface area contributed by atoms with E-state index in [9.17, 15) is 4.79 Å². The number of thiocarbonyl (C=S) groups is 1. The number of carbonyl (C=O) groups excluding carboxylic acids is 1. The molecule has 0 aliphatic rings. The molecule has 1 aromatic rings. The summed E-state index contributed by atoms with van der Waals surface area (Å²) < 4.78 is 10.5. The molecule has 5 nitrogen and oxygen atoms in total. The summed E-state index contributed by atoms with van der Waals surface area (Å²) in [7, 11) is 3.03. The second-order valence-electron chi connectivity index (χ2n) is 4.52. The molecule has 0 heterocycles. The molecule has 0 bridgehead atoms.